The number of rotatable bonds is 8. The van der Waals surface area contributed by atoms with Crippen LogP contribution in [0, 0.1) is 0 Å². The molecule has 1 saturated heterocycles. The van der Waals surface area contributed by atoms with Gasteiger partial charge in [-0.25, -0.2) is 0 Å². The van der Waals surface area contributed by atoms with Gasteiger partial charge in [-0.1, -0.05) is 18.2 Å². The van der Waals surface area contributed by atoms with E-state index in [1.54, 1.807) is 23.5 Å². The van der Waals surface area contributed by atoms with Crippen LogP contribution >= 0.6 is 27.3 Å². The van der Waals surface area contributed by atoms with E-state index >= 15 is 0 Å². The molecule has 1 amide bonds. The average molecular weight is 616 g/mol. The van der Waals surface area contributed by atoms with Gasteiger partial charge in [-0.15, -0.1) is 17.9 Å². The number of nitrogens with zero attached hydrogens (tertiary/aromatic N) is 2. The molecule has 0 radical (unpaired) electrons. The second-order valence-electron chi connectivity index (χ2n) is 10.4. The van der Waals surface area contributed by atoms with Crippen molar-refractivity contribution < 1.29 is 23.9 Å². The monoisotopic (exact) mass is 614 g/mol. The summed E-state index contributed by atoms with van der Waals surface area (Å²) in [5, 5.41) is 1.98. The molecule has 1 aliphatic heterocycles. The maximum atomic E-state index is 13.3. The lowest BCUT2D eigenvalue weighted by atomic mass is 9.55. The Bertz CT molecular complexity index is 1280. The van der Waals surface area contributed by atoms with Gasteiger partial charge < -0.3 is 14.4 Å². The highest BCUT2D eigenvalue weighted by Gasteiger charge is 2.61. The maximum Gasteiger partial charge on any atom is 0.308 e. The van der Waals surface area contributed by atoms with Gasteiger partial charge in [-0.3, -0.25) is 19.3 Å². The van der Waals surface area contributed by atoms with E-state index < -0.39 is 17.0 Å². The number of carbonyl (C=O) groups excluding carboxylic acids is 3. The molecule has 0 N–H and O–H groups in total. The first-order valence-electron chi connectivity index (χ1n) is 13.1. The normalized spacial score (nSPS) is 25.1. The molecule has 9 heteroatoms. The van der Waals surface area contributed by atoms with Crippen LogP contribution in [0.2, 0.25) is 0 Å². The summed E-state index contributed by atoms with van der Waals surface area (Å²) in [5.74, 6) is -0.342. The van der Waals surface area contributed by atoms with E-state index in [0.29, 0.717) is 38.1 Å². The number of amides is 1. The third-order valence-electron chi connectivity index (χ3n) is 7.92. The summed E-state index contributed by atoms with van der Waals surface area (Å²) in [7, 11) is 1.84. The highest BCUT2D eigenvalue weighted by molar-refractivity contribution is 9.10. The van der Waals surface area contributed by atoms with Crippen molar-refractivity contribution in [3.05, 3.63) is 69.4 Å². The summed E-state index contributed by atoms with van der Waals surface area (Å²) in [6.07, 6.45) is 7.95. The summed E-state index contributed by atoms with van der Waals surface area (Å²) < 4.78 is 12.7. The number of halogens is 1. The smallest absolute Gasteiger partial charge is 0.308 e. The number of likely N-dealkylation sites (tertiary alicyclic amines) is 1. The Labute approximate surface area is 242 Å². The van der Waals surface area contributed by atoms with Gasteiger partial charge in [0.25, 0.3) is 0 Å². The molecular formula is C30H35BrN2O5S. The standard InChI is InChI=1S/C30H35BrN2O5S/c1-5-14-33-15-13-29(23-7-6-8-26(16-23)37-21(2)34)18-25(11-12-30(29,20-33)38-22(3)35)32(4)28(36)10-9-27-17-24(31)19-39-27/h5-10,16-17,19,25H,1,11-15,18,20H2,2-4H3/b10-9+/t25-,29-,30-/m0/s1. The van der Waals surface area contributed by atoms with Gasteiger partial charge in [0.1, 0.15) is 11.4 Å². The van der Waals surface area contributed by atoms with Crippen LogP contribution in [0.15, 0.2) is 58.9 Å². The number of fused-ring (bicyclic) bond motifs is 1. The predicted molar refractivity (Wildman–Crippen MR) is 157 cm³/mol. The lowest BCUT2D eigenvalue weighted by molar-refractivity contribution is -0.189. The molecule has 0 bridgehead atoms. The molecule has 2 aliphatic rings. The number of thiophene rings is 1. The second-order valence-corrected chi connectivity index (χ2v) is 12.3. The second kappa shape index (κ2) is 12.2. The molecule has 208 valence electrons. The Morgan fingerprint density at radius 1 is 1.23 bits per heavy atom. The van der Waals surface area contributed by atoms with Crippen molar-refractivity contribution in [2.75, 3.05) is 26.7 Å². The van der Waals surface area contributed by atoms with Crippen LogP contribution < -0.4 is 4.74 Å². The van der Waals surface area contributed by atoms with Crippen LogP contribution in [-0.4, -0.2) is 66.0 Å². The number of hydrogen-bond donors (Lipinski definition) is 0. The van der Waals surface area contributed by atoms with Gasteiger partial charge in [0, 0.05) is 66.2 Å². The molecule has 3 atom stereocenters. The molecule has 7 nitrogen and oxygen atoms in total. The zero-order valence-corrected chi connectivity index (χ0v) is 25.1. The van der Waals surface area contributed by atoms with Crippen LogP contribution in [0.3, 0.4) is 0 Å². The molecule has 0 unspecified atom stereocenters. The largest absolute Gasteiger partial charge is 0.457 e. The van der Waals surface area contributed by atoms with Gasteiger partial charge in [0.05, 0.1) is 0 Å². The highest BCUT2D eigenvalue weighted by atomic mass is 79.9. The Morgan fingerprint density at radius 3 is 2.69 bits per heavy atom. The van der Waals surface area contributed by atoms with Crippen molar-refractivity contribution in [1.82, 2.24) is 9.80 Å². The number of ether oxygens (including phenoxy) is 2. The number of benzene rings is 1. The van der Waals surface area contributed by atoms with E-state index in [-0.39, 0.29) is 17.9 Å². The Kier molecular flexibility index (Phi) is 9.14. The van der Waals surface area contributed by atoms with Crippen molar-refractivity contribution in [3.8, 4) is 5.75 Å². The molecule has 1 saturated carbocycles. The first-order valence-corrected chi connectivity index (χ1v) is 14.8. The number of hydrogen-bond acceptors (Lipinski definition) is 7. The molecule has 1 aliphatic carbocycles. The summed E-state index contributed by atoms with van der Waals surface area (Å²) in [6, 6.07) is 9.45. The molecule has 2 fully saturated rings. The number of carbonyl (C=O) groups is 3. The molecule has 2 heterocycles. The van der Waals surface area contributed by atoms with Crippen molar-refractivity contribution in [2.24, 2.45) is 0 Å². The van der Waals surface area contributed by atoms with E-state index in [9.17, 15) is 14.4 Å². The zero-order valence-electron chi connectivity index (χ0n) is 22.7. The topological polar surface area (TPSA) is 76.2 Å². The van der Waals surface area contributed by atoms with E-state index in [1.807, 2.05) is 53.7 Å². The van der Waals surface area contributed by atoms with Crippen molar-refractivity contribution in [1.29, 1.82) is 0 Å². The quantitative estimate of drug-likeness (QED) is 0.167. The summed E-state index contributed by atoms with van der Waals surface area (Å²) in [5.41, 5.74) is -0.425. The van der Waals surface area contributed by atoms with Crippen LogP contribution in [-0.2, 0) is 24.5 Å². The van der Waals surface area contributed by atoms with Gasteiger partial charge in [-0.2, -0.15) is 0 Å². The van der Waals surface area contributed by atoms with Gasteiger partial charge in [0.15, 0.2) is 0 Å². The summed E-state index contributed by atoms with van der Waals surface area (Å²) >= 11 is 5.02. The lowest BCUT2D eigenvalue weighted by Crippen LogP contribution is -2.68. The lowest BCUT2D eigenvalue weighted by Gasteiger charge is -2.60. The third kappa shape index (κ3) is 6.36. The van der Waals surface area contributed by atoms with Crippen LogP contribution in [0.4, 0.5) is 0 Å². The number of piperidine rings is 1. The van der Waals surface area contributed by atoms with Crippen LogP contribution in [0.1, 0.15) is 50.0 Å². The number of likely N-dealkylation sites (N-methyl/N-ethyl adjacent to an activating group) is 1. The van der Waals surface area contributed by atoms with Crippen LogP contribution in [0.25, 0.3) is 6.08 Å². The maximum absolute atomic E-state index is 13.3. The first kappa shape index (κ1) is 29.2. The molecular weight excluding hydrogens is 580 g/mol. The fourth-order valence-corrected chi connectivity index (χ4v) is 7.56. The Hall–Kier alpha value is -2.75. The fraction of sp³-hybridized carbons (Fsp3) is 0.433. The van der Waals surface area contributed by atoms with Crippen molar-refractivity contribution in [3.63, 3.8) is 0 Å². The van der Waals surface area contributed by atoms with E-state index in [0.717, 1.165) is 27.9 Å². The Morgan fingerprint density at radius 2 is 2.03 bits per heavy atom. The SMILES string of the molecule is C=CCN1CC[C@@]2(c3cccc(OC(C)=O)c3)C[C@@H](N(C)C(=O)/C=C/c3cc(Br)cs3)CC[C@]2(OC(C)=O)C1. The van der Waals surface area contributed by atoms with Gasteiger partial charge in [0.2, 0.25) is 5.91 Å². The van der Waals surface area contributed by atoms with E-state index in [1.165, 1.54) is 13.8 Å². The molecule has 0 spiro atoms. The van der Waals surface area contributed by atoms with Crippen LogP contribution in [0.5, 0.6) is 5.75 Å². The average Bonchev–Trinajstić information content (AvgIpc) is 3.31. The molecule has 4 rings (SSSR count). The first-order chi connectivity index (χ1) is 18.6. The van der Waals surface area contributed by atoms with E-state index in [2.05, 4.69) is 27.4 Å². The van der Waals surface area contributed by atoms with Gasteiger partial charge >= 0.3 is 11.9 Å². The van der Waals surface area contributed by atoms with Crippen molar-refractivity contribution >= 4 is 51.2 Å². The van der Waals surface area contributed by atoms with Crippen molar-refractivity contribution in [2.45, 2.75) is 56.6 Å². The zero-order chi connectivity index (χ0) is 28.2. The van der Waals surface area contributed by atoms with Gasteiger partial charge in [-0.05, 0) is 78.0 Å². The molecule has 1 aromatic carbocycles. The predicted octanol–water partition coefficient (Wildman–Crippen LogP) is 5.59. The number of esters is 2. The third-order valence-corrected chi connectivity index (χ3v) is 9.58. The summed E-state index contributed by atoms with van der Waals surface area (Å²) in [4.78, 5) is 42.6. The molecule has 39 heavy (non-hydrogen) atoms. The Balaban J connectivity index is 1.72. The molecule has 1 aromatic heterocycles. The van der Waals surface area contributed by atoms with E-state index in [4.69, 9.17) is 9.47 Å². The minimum atomic E-state index is -0.797. The summed E-state index contributed by atoms with van der Waals surface area (Å²) in [6.45, 7) is 8.77. The fourth-order valence-electron chi connectivity index (χ4n) is 6.22. The highest BCUT2D eigenvalue weighted by Crippen LogP contribution is 2.54. The molecule has 2 aromatic rings. The minimum absolute atomic E-state index is 0.0655. The minimum Gasteiger partial charge on any atom is -0.457 e.